The number of nitrogens with one attached hydrogen (secondary N) is 2. The number of H-pyrrole nitrogens is 2. The Morgan fingerprint density at radius 2 is 1.95 bits per heavy atom. The smallest absolute Gasteiger partial charge is 0.323 e. The fourth-order valence-electron chi connectivity index (χ4n) is 2.32. The molecule has 4 nitrogen and oxygen atoms in total. The van der Waals surface area contributed by atoms with Crippen molar-refractivity contribution in [3.05, 3.63) is 63.8 Å². The number of alkyl halides is 1. The molecule has 0 bridgehead atoms. The van der Waals surface area contributed by atoms with Crippen LogP contribution in [0.25, 0.3) is 11.0 Å². The Morgan fingerprint density at radius 3 is 2.71 bits per heavy atom. The van der Waals surface area contributed by atoms with E-state index in [2.05, 4.69) is 9.97 Å². The lowest BCUT2D eigenvalue weighted by Crippen LogP contribution is -2.01. The van der Waals surface area contributed by atoms with Crippen LogP contribution in [-0.2, 0) is 0 Å². The highest BCUT2D eigenvalue weighted by Crippen LogP contribution is 2.37. The zero-order valence-corrected chi connectivity index (χ0v) is 11.9. The van der Waals surface area contributed by atoms with Crippen LogP contribution in [-0.4, -0.2) is 17.1 Å². The van der Waals surface area contributed by atoms with Crippen LogP contribution in [0.4, 0.5) is 4.39 Å². The van der Waals surface area contributed by atoms with E-state index in [1.54, 1.807) is 30.3 Å². The van der Waals surface area contributed by atoms with Gasteiger partial charge in [0, 0.05) is 0 Å². The third kappa shape index (κ3) is 2.40. The highest BCUT2D eigenvalue weighted by Gasteiger charge is 2.20. The van der Waals surface area contributed by atoms with Crippen molar-refractivity contribution in [3.8, 4) is 5.75 Å². The Kier molecular flexibility index (Phi) is 3.43. The van der Waals surface area contributed by atoms with Gasteiger partial charge in [0.1, 0.15) is 11.6 Å². The molecule has 1 aromatic heterocycles. The zero-order valence-electron chi connectivity index (χ0n) is 11.1. The predicted molar refractivity (Wildman–Crippen MR) is 79.6 cm³/mol. The fourth-order valence-corrected chi connectivity index (χ4v) is 2.66. The number of hydrogen-bond acceptors (Lipinski definition) is 2. The summed E-state index contributed by atoms with van der Waals surface area (Å²) in [4.78, 5) is 16.6. The first kappa shape index (κ1) is 13.7. The summed E-state index contributed by atoms with van der Waals surface area (Å²) >= 11 is 6.41. The van der Waals surface area contributed by atoms with Crippen molar-refractivity contribution in [2.75, 3.05) is 7.11 Å². The van der Waals surface area contributed by atoms with E-state index in [9.17, 15) is 9.18 Å². The molecule has 0 spiro atoms. The third-order valence-corrected chi connectivity index (χ3v) is 3.79. The number of hydrogen-bond donors (Lipinski definition) is 2. The molecule has 3 aromatic rings. The second kappa shape index (κ2) is 5.26. The van der Waals surface area contributed by atoms with Crippen molar-refractivity contribution in [2.24, 2.45) is 0 Å². The predicted octanol–water partition coefficient (Wildman–Crippen LogP) is 3.33. The first-order valence-electron chi connectivity index (χ1n) is 6.28. The molecule has 1 atom stereocenters. The zero-order chi connectivity index (χ0) is 15.0. The van der Waals surface area contributed by atoms with Crippen LogP contribution in [0.5, 0.6) is 5.75 Å². The second-order valence-electron chi connectivity index (χ2n) is 4.60. The van der Waals surface area contributed by atoms with Crippen molar-refractivity contribution < 1.29 is 9.13 Å². The summed E-state index contributed by atoms with van der Waals surface area (Å²) in [5, 5.41) is -0.719. The van der Waals surface area contributed by atoms with E-state index >= 15 is 0 Å². The standard InChI is InChI=1S/C15H12ClFN2O2/c1-21-12-4-2-3-9(17)13(12)14(16)8-5-6-10-11(7-8)19-15(20)18-10/h2-7,14H,1H3,(H2,18,19,20). The molecule has 3 rings (SSSR count). The lowest BCUT2D eigenvalue weighted by Gasteiger charge is -2.15. The van der Waals surface area contributed by atoms with E-state index in [1.807, 2.05) is 0 Å². The van der Waals surface area contributed by atoms with Gasteiger partial charge in [-0.25, -0.2) is 9.18 Å². The minimum absolute atomic E-state index is 0.277. The Balaban J connectivity index is 2.11. The van der Waals surface area contributed by atoms with Crippen LogP contribution in [0.15, 0.2) is 41.2 Å². The SMILES string of the molecule is COc1cccc(F)c1C(Cl)c1ccc2[nH]c(=O)[nH]c2c1. The van der Waals surface area contributed by atoms with Gasteiger partial charge in [-0.15, -0.1) is 11.6 Å². The summed E-state index contributed by atoms with van der Waals surface area (Å²) in [5.41, 5.74) is 1.95. The van der Waals surface area contributed by atoms with Crippen molar-refractivity contribution in [3.63, 3.8) is 0 Å². The number of benzene rings is 2. The molecule has 2 aromatic carbocycles. The number of aromatic nitrogens is 2. The van der Waals surface area contributed by atoms with Crippen LogP contribution in [0.3, 0.4) is 0 Å². The maximum Gasteiger partial charge on any atom is 0.323 e. The molecule has 0 fully saturated rings. The Morgan fingerprint density at radius 1 is 1.19 bits per heavy atom. The number of ether oxygens (including phenoxy) is 1. The van der Waals surface area contributed by atoms with Crippen molar-refractivity contribution in [1.82, 2.24) is 9.97 Å². The number of halogens is 2. The largest absolute Gasteiger partial charge is 0.496 e. The van der Waals surface area contributed by atoms with Gasteiger partial charge in [0.05, 0.1) is 29.1 Å². The van der Waals surface area contributed by atoms with Gasteiger partial charge >= 0.3 is 5.69 Å². The van der Waals surface area contributed by atoms with Crippen LogP contribution >= 0.6 is 11.6 Å². The normalized spacial score (nSPS) is 12.5. The number of rotatable bonds is 3. The number of imidazole rings is 1. The van der Waals surface area contributed by atoms with Crippen LogP contribution in [0, 0.1) is 5.82 Å². The summed E-state index contributed by atoms with van der Waals surface area (Å²) in [6.45, 7) is 0. The molecule has 0 amide bonds. The minimum Gasteiger partial charge on any atom is -0.496 e. The molecular formula is C15H12ClFN2O2. The number of fused-ring (bicyclic) bond motifs is 1. The fraction of sp³-hybridized carbons (Fsp3) is 0.133. The first-order chi connectivity index (χ1) is 10.1. The molecular weight excluding hydrogens is 295 g/mol. The molecule has 1 unspecified atom stereocenters. The van der Waals surface area contributed by atoms with E-state index in [0.717, 1.165) is 0 Å². The molecule has 6 heteroatoms. The maximum absolute atomic E-state index is 14.1. The van der Waals surface area contributed by atoms with E-state index in [0.29, 0.717) is 22.3 Å². The Hall–Kier alpha value is -2.27. The van der Waals surface area contributed by atoms with Gasteiger partial charge in [-0.1, -0.05) is 12.1 Å². The highest BCUT2D eigenvalue weighted by molar-refractivity contribution is 6.23. The van der Waals surface area contributed by atoms with Gasteiger partial charge in [-0.3, -0.25) is 0 Å². The quantitative estimate of drug-likeness (QED) is 0.729. The van der Waals surface area contributed by atoms with Gasteiger partial charge in [0.15, 0.2) is 0 Å². The van der Waals surface area contributed by atoms with Crippen LogP contribution in [0.1, 0.15) is 16.5 Å². The second-order valence-corrected chi connectivity index (χ2v) is 5.04. The molecule has 21 heavy (non-hydrogen) atoms. The molecule has 0 aliphatic carbocycles. The number of aromatic amines is 2. The Bertz CT molecular complexity index is 856. The molecule has 2 N–H and O–H groups in total. The molecule has 0 aliphatic rings. The maximum atomic E-state index is 14.1. The minimum atomic E-state index is -0.719. The highest BCUT2D eigenvalue weighted by atomic mass is 35.5. The third-order valence-electron chi connectivity index (χ3n) is 3.32. The molecule has 108 valence electrons. The van der Waals surface area contributed by atoms with Gasteiger partial charge in [-0.2, -0.15) is 0 Å². The van der Waals surface area contributed by atoms with E-state index < -0.39 is 11.2 Å². The summed E-state index contributed by atoms with van der Waals surface area (Å²) in [5.74, 6) is -0.0466. The van der Waals surface area contributed by atoms with Crippen molar-refractivity contribution in [1.29, 1.82) is 0 Å². The number of methoxy groups -OCH3 is 1. The lowest BCUT2D eigenvalue weighted by molar-refractivity contribution is 0.405. The van der Waals surface area contributed by atoms with Gasteiger partial charge < -0.3 is 14.7 Å². The monoisotopic (exact) mass is 306 g/mol. The summed E-state index contributed by atoms with van der Waals surface area (Å²) < 4.78 is 19.2. The van der Waals surface area contributed by atoms with E-state index in [4.69, 9.17) is 16.3 Å². The average Bonchev–Trinajstić information content (AvgIpc) is 2.85. The molecule has 0 saturated heterocycles. The van der Waals surface area contributed by atoms with Gasteiger partial charge in [0.25, 0.3) is 0 Å². The molecule has 1 heterocycles. The lowest BCUT2D eigenvalue weighted by atomic mass is 10.0. The first-order valence-corrected chi connectivity index (χ1v) is 6.72. The average molecular weight is 307 g/mol. The van der Waals surface area contributed by atoms with Gasteiger partial charge in [-0.05, 0) is 29.8 Å². The van der Waals surface area contributed by atoms with Crippen LogP contribution in [0.2, 0.25) is 0 Å². The van der Waals surface area contributed by atoms with Crippen LogP contribution < -0.4 is 10.4 Å². The summed E-state index contributed by atoms with van der Waals surface area (Å²) in [7, 11) is 1.47. The topological polar surface area (TPSA) is 57.9 Å². The van der Waals surface area contributed by atoms with E-state index in [1.165, 1.54) is 13.2 Å². The Labute approximate surface area is 124 Å². The van der Waals surface area contributed by atoms with E-state index in [-0.39, 0.29) is 11.3 Å². The summed E-state index contributed by atoms with van der Waals surface area (Å²) in [6, 6.07) is 9.75. The van der Waals surface area contributed by atoms with Crippen molar-refractivity contribution >= 4 is 22.6 Å². The van der Waals surface area contributed by atoms with Crippen molar-refractivity contribution in [2.45, 2.75) is 5.38 Å². The summed E-state index contributed by atoms with van der Waals surface area (Å²) in [6.07, 6.45) is 0. The molecule has 0 aliphatic heterocycles. The molecule has 0 radical (unpaired) electrons. The van der Waals surface area contributed by atoms with Gasteiger partial charge in [0.2, 0.25) is 0 Å². The molecule has 0 saturated carbocycles.